The van der Waals surface area contributed by atoms with Gasteiger partial charge in [0.25, 0.3) is 11.8 Å². The Balaban J connectivity index is 1.97. The van der Waals surface area contributed by atoms with Gasteiger partial charge in [0.2, 0.25) is 0 Å². The van der Waals surface area contributed by atoms with Gasteiger partial charge in [-0.2, -0.15) is 0 Å². The topological polar surface area (TPSA) is 123 Å². The number of carbonyl (C=O) groups excluding carboxylic acids is 4. The summed E-state index contributed by atoms with van der Waals surface area (Å²) in [5, 5.41) is 7.22. The van der Waals surface area contributed by atoms with E-state index >= 15 is 0 Å². The molecule has 0 atom stereocenters. The molecule has 3 amide bonds. The second-order valence-corrected chi connectivity index (χ2v) is 8.14. The van der Waals surface area contributed by atoms with Crippen LogP contribution in [0.3, 0.4) is 0 Å². The van der Waals surface area contributed by atoms with Gasteiger partial charge in [-0.25, -0.2) is 9.59 Å². The number of ether oxygens (including phenoxy) is 2. The summed E-state index contributed by atoms with van der Waals surface area (Å²) in [6, 6.07) is 13.8. The lowest BCUT2D eigenvalue weighted by molar-refractivity contribution is -0.137. The maximum atomic E-state index is 12.4. The van der Waals surface area contributed by atoms with Crippen molar-refractivity contribution in [2.45, 2.75) is 26.4 Å². The van der Waals surface area contributed by atoms with E-state index in [9.17, 15) is 19.2 Å². The third-order valence-corrected chi connectivity index (χ3v) is 4.25. The van der Waals surface area contributed by atoms with Crippen LogP contribution in [-0.4, -0.2) is 36.6 Å². The van der Waals surface area contributed by atoms with E-state index in [0.717, 1.165) is 18.2 Å². The van der Waals surface area contributed by atoms with Crippen molar-refractivity contribution in [3.8, 4) is 11.1 Å². The predicted octanol–water partition coefficient (Wildman–Crippen LogP) is 3.75. The second kappa shape index (κ2) is 11.0. The maximum Gasteiger partial charge on any atom is 0.412 e. The Morgan fingerprint density at radius 3 is 1.82 bits per heavy atom. The maximum absolute atomic E-state index is 12.4. The summed E-state index contributed by atoms with van der Waals surface area (Å²) < 4.78 is 9.66. The third-order valence-electron chi connectivity index (χ3n) is 4.25. The van der Waals surface area contributed by atoms with Crippen LogP contribution < -0.4 is 16.0 Å². The lowest BCUT2D eigenvalue weighted by Gasteiger charge is -2.19. The summed E-state index contributed by atoms with van der Waals surface area (Å²) in [6.07, 6.45) is -0.541. The molecule has 0 saturated heterocycles. The molecule has 2 aromatic rings. The van der Waals surface area contributed by atoms with Gasteiger partial charge in [-0.15, -0.1) is 0 Å². The number of carbonyl (C=O) groups is 4. The zero-order valence-corrected chi connectivity index (χ0v) is 19.5. The Morgan fingerprint density at radius 1 is 0.794 bits per heavy atom. The van der Waals surface area contributed by atoms with Crippen LogP contribution in [0.25, 0.3) is 11.1 Å². The number of anilines is 1. The van der Waals surface area contributed by atoms with Crippen LogP contribution in [0, 0.1) is 0 Å². The van der Waals surface area contributed by atoms with Crippen LogP contribution >= 0.6 is 0 Å². The molecular formula is C25H27N3O6. The van der Waals surface area contributed by atoms with E-state index in [1.165, 1.54) is 0 Å². The average Bonchev–Trinajstić information content (AvgIpc) is 2.77. The van der Waals surface area contributed by atoms with Crippen LogP contribution in [0.1, 0.15) is 31.1 Å². The number of hydrogen-bond acceptors (Lipinski definition) is 6. The lowest BCUT2D eigenvalue weighted by atomic mass is 10.0. The zero-order chi connectivity index (χ0) is 25.5. The highest BCUT2D eigenvalue weighted by Gasteiger charge is 2.17. The van der Waals surface area contributed by atoms with Crippen molar-refractivity contribution in [2.75, 3.05) is 12.4 Å². The number of rotatable bonds is 7. The number of amides is 3. The van der Waals surface area contributed by atoms with E-state index in [1.54, 1.807) is 57.2 Å². The van der Waals surface area contributed by atoms with Crippen LogP contribution in [0.4, 0.5) is 10.5 Å². The molecule has 0 fully saturated rings. The quantitative estimate of drug-likeness (QED) is 0.423. The molecule has 0 heterocycles. The predicted molar refractivity (Wildman–Crippen MR) is 128 cm³/mol. The van der Waals surface area contributed by atoms with Crippen LogP contribution in [0.2, 0.25) is 0 Å². The highest BCUT2D eigenvalue weighted by Crippen LogP contribution is 2.22. The normalized spacial score (nSPS) is 10.5. The van der Waals surface area contributed by atoms with E-state index in [-0.39, 0.29) is 11.4 Å². The Hall–Kier alpha value is -4.40. The molecular weight excluding hydrogens is 438 g/mol. The minimum Gasteiger partial charge on any atom is -0.464 e. The third kappa shape index (κ3) is 7.63. The summed E-state index contributed by atoms with van der Waals surface area (Å²) in [5.41, 5.74) is 1.46. The first kappa shape index (κ1) is 25.9. The number of nitrogens with one attached hydrogen (secondary N) is 3. The van der Waals surface area contributed by atoms with Gasteiger partial charge < -0.3 is 20.1 Å². The summed E-state index contributed by atoms with van der Waals surface area (Å²) in [7, 11) is 1.15. The molecule has 3 N–H and O–H groups in total. The Labute approximate surface area is 197 Å². The van der Waals surface area contributed by atoms with Gasteiger partial charge in [0, 0.05) is 11.3 Å². The lowest BCUT2D eigenvalue weighted by Crippen LogP contribution is -2.35. The van der Waals surface area contributed by atoms with Gasteiger partial charge in [-0.3, -0.25) is 14.9 Å². The molecule has 9 nitrogen and oxygen atoms in total. The number of methoxy groups -OCH3 is 1. The molecule has 9 heteroatoms. The summed E-state index contributed by atoms with van der Waals surface area (Å²) >= 11 is 0. The molecule has 0 saturated carbocycles. The molecule has 0 unspecified atom stereocenters. The molecule has 178 valence electrons. The van der Waals surface area contributed by atoms with Crippen LogP contribution in [0.5, 0.6) is 0 Å². The van der Waals surface area contributed by atoms with E-state index in [4.69, 9.17) is 4.74 Å². The number of esters is 1. The van der Waals surface area contributed by atoms with Gasteiger partial charge in [0.1, 0.15) is 11.3 Å². The van der Waals surface area contributed by atoms with E-state index in [2.05, 4.69) is 33.8 Å². The van der Waals surface area contributed by atoms with Crippen molar-refractivity contribution in [1.29, 1.82) is 0 Å². The van der Waals surface area contributed by atoms with Crippen molar-refractivity contribution in [2.24, 2.45) is 0 Å². The van der Waals surface area contributed by atoms with Gasteiger partial charge in [-0.1, -0.05) is 37.4 Å². The Bertz CT molecular complexity index is 1110. The highest BCUT2D eigenvalue weighted by atomic mass is 16.6. The average molecular weight is 466 g/mol. The molecule has 0 aromatic heterocycles. The van der Waals surface area contributed by atoms with Gasteiger partial charge in [-0.05, 0) is 56.2 Å². The van der Waals surface area contributed by atoms with Gasteiger partial charge in [0.05, 0.1) is 12.8 Å². The second-order valence-electron chi connectivity index (χ2n) is 8.14. The SMILES string of the molecule is C=C(NC(=O)c1ccc(-c2ccc(NC(=O)OC(C)(C)C)cc2)cc1)C(=O)NC(=C)C(=O)OC. The smallest absolute Gasteiger partial charge is 0.412 e. The van der Waals surface area contributed by atoms with Crippen molar-refractivity contribution in [3.63, 3.8) is 0 Å². The molecule has 0 aliphatic rings. The van der Waals surface area contributed by atoms with Crippen molar-refractivity contribution >= 4 is 29.6 Å². The Morgan fingerprint density at radius 2 is 1.32 bits per heavy atom. The number of benzene rings is 2. The molecule has 0 bridgehead atoms. The first-order valence-electron chi connectivity index (χ1n) is 10.2. The first-order chi connectivity index (χ1) is 15.9. The monoisotopic (exact) mass is 465 g/mol. The fraction of sp³-hybridized carbons (Fsp3) is 0.200. The standard InChI is InChI=1S/C25H27N3O6/c1-15(21(29)27-16(2)23(31)33-6)26-22(30)19-9-7-17(8-10-19)18-11-13-20(14-12-18)28-24(32)34-25(3,4)5/h7-14H,1-2H2,3-6H3,(H,26,30)(H,27,29)(H,28,32). The van der Waals surface area contributed by atoms with Gasteiger partial charge in [0.15, 0.2) is 0 Å². The van der Waals surface area contributed by atoms with Crippen molar-refractivity contribution in [3.05, 3.63) is 78.6 Å². The van der Waals surface area contributed by atoms with Gasteiger partial charge >= 0.3 is 12.1 Å². The van der Waals surface area contributed by atoms with E-state index in [0.29, 0.717) is 11.3 Å². The summed E-state index contributed by atoms with van der Waals surface area (Å²) in [5.74, 6) is -2.15. The molecule has 0 aliphatic carbocycles. The Kier molecular flexibility index (Phi) is 8.33. The fourth-order valence-corrected chi connectivity index (χ4v) is 2.63. The summed E-state index contributed by atoms with van der Waals surface area (Å²) in [4.78, 5) is 47.6. The molecule has 0 spiro atoms. The van der Waals surface area contributed by atoms with E-state index in [1.807, 2.05) is 12.1 Å². The van der Waals surface area contributed by atoms with Crippen molar-refractivity contribution < 1.29 is 28.7 Å². The minimum absolute atomic E-state index is 0.257. The first-order valence-corrected chi connectivity index (χ1v) is 10.2. The van der Waals surface area contributed by atoms with Crippen LogP contribution in [-0.2, 0) is 19.1 Å². The largest absolute Gasteiger partial charge is 0.464 e. The molecule has 0 radical (unpaired) electrons. The number of hydrogen-bond donors (Lipinski definition) is 3. The zero-order valence-electron chi connectivity index (χ0n) is 19.5. The molecule has 0 aliphatic heterocycles. The van der Waals surface area contributed by atoms with Crippen LogP contribution in [0.15, 0.2) is 73.1 Å². The van der Waals surface area contributed by atoms with E-state index < -0.39 is 29.5 Å². The van der Waals surface area contributed by atoms with Crippen molar-refractivity contribution in [1.82, 2.24) is 10.6 Å². The molecule has 2 rings (SSSR count). The highest BCUT2D eigenvalue weighted by molar-refractivity contribution is 6.05. The fourth-order valence-electron chi connectivity index (χ4n) is 2.63. The molecule has 34 heavy (non-hydrogen) atoms. The summed E-state index contributed by atoms with van der Waals surface area (Å²) in [6.45, 7) is 12.2. The molecule has 2 aromatic carbocycles. The minimum atomic E-state index is -0.809.